The lowest BCUT2D eigenvalue weighted by molar-refractivity contribution is -0.364. The van der Waals surface area contributed by atoms with E-state index >= 15 is 0 Å². The van der Waals surface area contributed by atoms with Gasteiger partial charge in [0.2, 0.25) is 0 Å². The van der Waals surface area contributed by atoms with Crippen molar-refractivity contribution in [2.24, 2.45) is 34.5 Å². The molecule has 4 aliphatic carbocycles. The smallest absolute Gasteiger partial charge is 0.383 e. The summed E-state index contributed by atoms with van der Waals surface area (Å²) >= 11 is 0. The van der Waals surface area contributed by atoms with E-state index in [1.807, 2.05) is 0 Å². The molecule has 7 atom stereocenters. The Kier molecular flexibility index (Phi) is 4.38. The first-order valence-electron chi connectivity index (χ1n) is 10.6. The SMILES string of the molecule is CC1=CC[C@H]2CCC3C4CC[C@@](O)(C(F)(F)C(F)(F)F)[C@@]4(C)CCC3[C@@]2(C)C1. The Morgan fingerprint density at radius 3 is 2.25 bits per heavy atom. The Hall–Kier alpha value is -0.650. The van der Waals surface area contributed by atoms with Gasteiger partial charge in [-0.15, -0.1) is 0 Å². The molecule has 3 fully saturated rings. The molecule has 4 aliphatic rings. The number of hydrogen-bond acceptors (Lipinski definition) is 1. The predicted octanol–water partition coefficient (Wildman–Crippen LogP) is 6.51. The van der Waals surface area contributed by atoms with E-state index in [0.717, 1.165) is 25.7 Å². The minimum absolute atomic E-state index is 0.0936. The van der Waals surface area contributed by atoms with E-state index in [4.69, 9.17) is 0 Å². The molecule has 0 amide bonds. The Morgan fingerprint density at radius 2 is 1.61 bits per heavy atom. The van der Waals surface area contributed by atoms with Crippen LogP contribution in [0.4, 0.5) is 22.0 Å². The fourth-order valence-corrected chi connectivity index (χ4v) is 7.98. The molecular formula is C22H31F5O. The molecule has 1 nitrogen and oxygen atoms in total. The van der Waals surface area contributed by atoms with Gasteiger partial charge in [-0.2, -0.15) is 22.0 Å². The van der Waals surface area contributed by atoms with Gasteiger partial charge in [-0.3, -0.25) is 0 Å². The molecule has 160 valence electrons. The van der Waals surface area contributed by atoms with Crippen molar-refractivity contribution in [2.45, 2.75) is 89.8 Å². The monoisotopic (exact) mass is 406 g/mol. The van der Waals surface area contributed by atoms with Crippen LogP contribution in [-0.2, 0) is 0 Å². The summed E-state index contributed by atoms with van der Waals surface area (Å²) in [5, 5.41) is 10.9. The van der Waals surface area contributed by atoms with Crippen LogP contribution < -0.4 is 0 Å². The standard InChI is InChI=1S/C22H31F5O/c1-13-4-5-14-6-7-15-16(18(14,2)12-13)8-10-19(3)17(15)9-11-20(19,28)21(23,24)22(25,26)27/h4,14-17,28H,5-12H2,1-3H3/t14-,15?,16?,17?,18-,19-,20-/m0/s1. The minimum Gasteiger partial charge on any atom is -0.383 e. The fourth-order valence-electron chi connectivity index (χ4n) is 7.98. The number of halogens is 5. The molecule has 28 heavy (non-hydrogen) atoms. The number of fused-ring (bicyclic) bond motifs is 5. The molecule has 3 saturated carbocycles. The lowest BCUT2D eigenvalue weighted by atomic mass is 9.44. The quantitative estimate of drug-likeness (QED) is 0.389. The first-order valence-corrected chi connectivity index (χ1v) is 10.6. The van der Waals surface area contributed by atoms with E-state index in [1.54, 1.807) is 0 Å². The highest BCUT2D eigenvalue weighted by Gasteiger charge is 2.79. The van der Waals surface area contributed by atoms with E-state index in [-0.39, 0.29) is 30.1 Å². The van der Waals surface area contributed by atoms with Crippen LogP contribution in [0.2, 0.25) is 0 Å². The van der Waals surface area contributed by atoms with Crippen molar-refractivity contribution in [3.8, 4) is 0 Å². The van der Waals surface area contributed by atoms with Gasteiger partial charge in [0.25, 0.3) is 0 Å². The highest BCUT2D eigenvalue weighted by atomic mass is 19.4. The van der Waals surface area contributed by atoms with Gasteiger partial charge in [-0.25, -0.2) is 0 Å². The van der Waals surface area contributed by atoms with Crippen molar-refractivity contribution >= 4 is 0 Å². The highest BCUT2D eigenvalue weighted by Crippen LogP contribution is 2.71. The molecule has 0 saturated heterocycles. The number of alkyl halides is 5. The largest absolute Gasteiger partial charge is 0.456 e. The zero-order valence-corrected chi connectivity index (χ0v) is 16.9. The van der Waals surface area contributed by atoms with Crippen molar-refractivity contribution in [2.75, 3.05) is 0 Å². The van der Waals surface area contributed by atoms with Crippen LogP contribution in [0.1, 0.15) is 72.1 Å². The van der Waals surface area contributed by atoms with Crippen molar-refractivity contribution in [3.05, 3.63) is 11.6 Å². The lowest BCUT2D eigenvalue weighted by Gasteiger charge is -2.61. The van der Waals surface area contributed by atoms with E-state index in [9.17, 15) is 27.1 Å². The van der Waals surface area contributed by atoms with Crippen LogP contribution in [0.3, 0.4) is 0 Å². The Morgan fingerprint density at radius 1 is 0.964 bits per heavy atom. The van der Waals surface area contributed by atoms with Gasteiger partial charge < -0.3 is 5.11 Å². The zero-order valence-electron chi connectivity index (χ0n) is 16.9. The maximum absolute atomic E-state index is 14.5. The summed E-state index contributed by atoms with van der Waals surface area (Å²) < 4.78 is 68.6. The molecule has 0 spiro atoms. The molecule has 6 heteroatoms. The maximum atomic E-state index is 14.5. The Labute approximate surface area is 163 Å². The minimum atomic E-state index is -5.73. The summed E-state index contributed by atoms with van der Waals surface area (Å²) in [4.78, 5) is 0. The van der Waals surface area contributed by atoms with E-state index < -0.39 is 29.5 Å². The molecule has 1 N–H and O–H groups in total. The molecule has 3 unspecified atom stereocenters. The van der Waals surface area contributed by atoms with Crippen LogP contribution >= 0.6 is 0 Å². The number of allylic oxidation sites excluding steroid dienone is 2. The summed E-state index contributed by atoms with van der Waals surface area (Å²) in [6.45, 7) is 5.94. The molecule has 0 bridgehead atoms. The lowest BCUT2D eigenvalue weighted by Crippen LogP contribution is -2.65. The highest BCUT2D eigenvalue weighted by molar-refractivity contribution is 5.21. The molecule has 0 heterocycles. The molecule has 0 aromatic carbocycles. The van der Waals surface area contributed by atoms with Gasteiger partial charge in [0.05, 0.1) is 0 Å². The van der Waals surface area contributed by atoms with Gasteiger partial charge in [-0.1, -0.05) is 25.5 Å². The normalized spacial score (nSPS) is 49.1. The van der Waals surface area contributed by atoms with E-state index in [1.165, 1.54) is 12.5 Å². The molecule has 0 radical (unpaired) electrons. The third-order valence-corrected chi connectivity index (χ3v) is 9.50. The molecule has 4 rings (SSSR count). The van der Waals surface area contributed by atoms with Gasteiger partial charge in [0.1, 0.15) is 5.60 Å². The number of aliphatic hydroxyl groups is 1. The third-order valence-electron chi connectivity index (χ3n) is 9.50. The molecule has 0 aliphatic heterocycles. The van der Waals surface area contributed by atoms with Crippen LogP contribution in [0, 0.1) is 34.5 Å². The average molecular weight is 406 g/mol. The summed E-state index contributed by atoms with van der Waals surface area (Å²) in [6, 6.07) is 0. The van der Waals surface area contributed by atoms with E-state index in [2.05, 4.69) is 19.9 Å². The first kappa shape index (κ1) is 20.6. The van der Waals surface area contributed by atoms with Crippen LogP contribution in [0.25, 0.3) is 0 Å². The third kappa shape index (κ3) is 2.39. The zero-order chi connectivity index (χ0) is 20.8. The van der Waals surface area contributed by atoms with Crippen LogP contribution in [0.15, 0.2) is 11.6 Å². The van der Waals surface area contributed by atoms with Crippen LogP contribution in [-0.4, -0.2) is 22.8 Å². The summed E-state index contributed by atoms with van der Waals surface area (Å²) in [5.41, 5.74) is -2.94. The second-order valence-electron chi connectivity index (χ2n) is 10.5. The average Bonchev–Trinajstić information content (AvgIpc) is 2.86. The maximum Gasteiger partial charge on any atom is 0.456 e. The molecule has 0 aromatic heterocycles. The van der Waals surface area contributed by atoms with Gasteiger partial charge in [0, 0.05) is 5.41 Å². The predicted molar refractivity (Wildman–Crippen MR) is 96.8 cm³/mol. The second kappa shape index (κ2) is 5.95. The summed E-state index contributed by atoms with van der Waals surface area (Å²) in [7, 11) is 0. The van der Waals surface area contributed by atoms with Crippen LogP contribution in [0.5, 0.6) is 0 Å². The Bertz CT molecular complexity index is 685. The summed E-state index contributed by atoms with van der Waals surface area (Å²) in [5.74, 6) is -4.31. The Balaban J connectivity index is 1.69. The van der Waals surface area contributed by atoms with Gasteiger partial charge >= 0.3 is 12.1 Å². The molecular weight excluding hydrogens is 375 g/mol. The second-order valence-corrected chi connectivity index (χ2v) is 10.5. The van der Waals surface area contributed by atoms with Gasteiger partial charge in [0.15, 0.2) is 0 Å². The summed E-state index contributed by atoms with van der Waals surface area (Å²) in [6.07, 6.45) is 1.16. The van der Waals surface area contributed by atoms with E-state index in [0.29, 0.717) is 18.3 Å². The fraction of sp³-hybridized carbons (Fsp3) is 0.909. The first-order chi connectivity index (χ1) is 12.8. The van der Waals surface area contributed by atoms with Crippen molar-refractivity contribution in [1.82, 2.24) is 0 Å². The van der Waals surface area contributed by atoms with Crippen molar-refractivity contribution in [1.29, 1.82) is 0 Å². The van der Waals surface area contributed by atoms with Crippen molar-refractivity contribution < 1.29 is 27.1 Å². The molecule has 0 aromatic rings. The van der Waals surface area contributed by atoms with Crippen molar-refractivity contribution in [3.63, 3.8) is 0 Å². The number of rotatable bonds is 1. The number of hydrogen-bond donors (Lipinski definition) is 1. The van der Waals surface area contributed by atoms with Gasteiger partial charge in [-0.05, 0) is 87.4 Å². The topological polar surface area (TPSA) is 20.2 Å².